The van der Waals surface area contributed by atoms with Gasteiger partial charge in [0, 0.05) is 38.2 Å². The normalized spacial score (nSPS) is 19.2. The number of rotatable bonds is 7. The first-order valence-electron chi connectivity index (χ1n) is 8.27. The molecule has 1 aromatic heterocycles. The van der Waals surface area contributed by atoms with E-state index in [-0.39, 0.29) is 0 Å². The molecule has 1 heterocycles. The SMILES string of the molecule is CNc1cc(NCCN(C)C2CCCC2)nc(C2CC2)n1. The van der Waals surface area contributed by atoms with Crippen molar-refractivity contribution in [2.24, 2.45) is 0 Å². The van der Waals surface area contributed by atoms with Gasteiger partial charge in [0.2, 0.25) is 0 Å². The predicted molar refractivity (Wildman–Crippen MR) is 86.9 cm³/mol. The van der Waals surface area contributed by atoms with Gasteiger partial charge in [-0.25, -0.2) is 9.97 Å². The molecule has 5 nitrogen and oxygen atoms in total. The quantitative estimate of drug-likeness (QED) is 0.808. The highest BCUT2D eigenvalue weighted by molar-refractivity contribution is 5.47. The first-order chi connectivity index (χ1) is 10.3. The van der Waals surface area contributed by atoms with Gasteiger partial charge in [-0.15, -0.1) is 0 Å². The van der Waals surface area contributed by atoms with Crippen LogP contribution in [0.3, 0.4) is 0 Å². The summed E-state index contributed by atoms with van der Waals surface area (Å²) in [7, 11) is 4.16. The van der Waals surface area contributed by atoms with Gasteiger partial charge in [0.25, 0.3) is 0 Å². The highest BCUT2D eigenvalue weighted by atomic mass is 15.2. The average molecular weight is 289 g/mol. The molecule has 0 saturated heterocycles. The van der Waals surface area contributed by atoms with Crippen molar-refractivity contribution < 1.29 is 0 Å². The molecule has 0 radical (unpaired) electrons. The van der Waals surface area contributed by atoms with Crippen LogP contribution in [-0.4, -0.2) is 48.1 Å². The van der Waals surface area contributed by atoms with Crippen molar-refractivity contribution in [3.8, 4) is 0 Å². The van der Waals surface area contributed by atoms with Crippen LogP contribution in [0.15, 0.2) is 6.07 Å². The number of nitrogens with zero attached hydrogens (tertiary/aromatic N) is 3. The minimum Gasteiger partial charge on any atom is -0.373 e. The van der Waals surface area contributed by atoms with Crippen LogP contribution < -0.4 is 10.6 Å². The van der Waals surface area contributed by atoms with Gasteiger partial charge < -0.3 is 15.5 Å². The van der Waals surface area contributed by atoms with Crippen LogP contribution in [-0.2, 0) is 0 Å². The second kappa shape index (κ2) is 6.60. The zero-order valence-corrected chi connectivity index (χ0v) is 13.2. The van der Waals surface area contributed by atoms with Gasteiger partial charge >= 0.3 is 0 Å². The Hall–Kier alpha value is -1.36. The molecule has 2 aliphatic rings. The molecule has 3 rings (SSSR count). The second-order valence-electron chi connectivity index (χ2n) is 6.37. The van der Waals surface area contributed by atoms with Crippen molar-refractivity contribution in [2.45, 2.75) is 50.5 Å². The molecule has 2 saturated carbocycles. The summed E-state index contributed by atoms with van der Waals surface area (Å²) in [5.74, 6) is 3.45. The van der Waals surface area contributed by atoms with Gasteiger partial charge in [0.15, 0.2) is 0 Å². The molecule has 2 fully saturated rings. The van der Waals surface area contributed by atoms with Crippen molar-refractivity contribution in [1.82, 2.24) is 14.9 Å². The highest BCUT2D eigenvalue weighted by Crippen LogP contribution is 2.38. The van der Waals surface area contributed by atoms with E-state index in [1.54, 1.807) is 0 Å². The number of hydrogen-bond donors (Lipinski definition) is 2. The molecule has 2 aliphatic carbocycles. The molecule has 0 atom stereocenters. The van der Waals surface area contributed by atoms with Crippen LogP contribution in [0, 0.1) is 0 Å². The van der Waals surface area contributed by atoms with Crippen LogP contribution in [0.4, 0.5) is 11.6 Å². The van der Waals surface area contributed by atoms with Gasteiger partial charge in [0.05, 0.1) is 0 Å². The summed E-state index contributed by atoms with van der Waals surface area (Å²) in [6.07, 6.45) is 7.97. The Bertz CT molecular complexity index is 466. The molecular weight excluding hydrogens is 262 g/mol. The maximum absolute atomic E-state index is 4.66. The topological polar surface area (TPSA) is 53.1 Å². The monoisotopic (exact) mass is 289 g/mol. The summed E-state index contributed by atoms with van der Waals surface area (Å²) < 4.78 is 0. The van der Waals surface area contributed by atoms with Crippen molar-refractivity contribution >= 4 is 11.6 Å². The van der Waals surface area contributed by atoms with Crippen molar-refractivity contribution in [3.63, 3.8) is 0 Å². The van der Waals surface area contributed by atoms with Gasteiger partial charge in [-0.3, -0.25) is 0 Å². The van der Waals surface area contributed by atoms with Crippen LogP contribution in [0.2, 0.25) is 0 Å². The lowest BCUT2D eigenvalue weighted by molar-refractivity contribution is 0.254. The number of nitrogens with one attached hydrogen (secondary N) is 2. The molecule has 0 spiro atoms. The molecule has 0 amide bonds. The fourth-order valence-corrected chi connectivity index (χ4v) is 3.10. The Morgan fingerprint density at radius 3 is 2.52 bits per heavy atom. The average Bonchev–Trinajstić information content (AvgIpc) is 3.21. The van der Waals surface area contributed by atoms with Crippen molar-refractivity contribution in [2.75, 3.05) is 37.8 Å². The third-order valence-electron chi connectivity index (χ3n) is 4.66. The third-order valence-corrected chi connectivity index (χ3v) is 4.66. The summed E-state index contributed by atoms with van der Waals surface area (Å²) >= 11 is 0. The maximum Gasteiger partial charge on any atom is 0.136 e. The van der Waals surface area contributed by atoms with E-state index in [0.29, 0.717) is 5.92 Å². The molecule has 0 unspecified atom stereocenters. The molecule has 2 N–H and O–H groups in total. The minimum atomic E-state index is 0.583. The van der Waals surface area contributed by atoms with Gasteiger partial charge in [-0.2, -0.15) is 0 Å². The Labute approximate surface area is 127 Å². The lowest BCUT2D eigenvalue weighted by atomic mass is 10.2. The summed E-state index contributed by atoms with van der Waals surface area (Å²) in [5.41, 5.74) is 0. The summed E-state index contributed by atoms with van der Waals surface area (Å²) in [6.45, 7) is 2.01. The first kappa shape index (κ1) is 14.6. The van der Waals surface area contributed by atoms with E-state index in [1.165, 1.54) is 38.5 Å². The number of anilines is 2. The van der Waals surface area contributed by atoms with E-state index in [9.17, 15) is 0 Å². The maximum atomic E-state index is 4.66. The molecule has 1 aromatic rings. The number of aromatic nitrogens is 2. The molecule has 0 bridgehead atoms. The largest absolute Gasteiger partial charge is 0.373 e. The number of hydrogen-bond acceptors (Lipinski definition) is 5. The van der Waals surface area contributed by atoms with E-state index in [0.717, 1.165) is 36.6 Å². The Kier molecular flexibility index (Phi) is 4.58. The molecule has 0 aromatic carbocycles. The van der Waals surface area contributed by atoms with Gasteiger partial charge in [-0.1, -0.05) is 12.8 Å². The van der Waals surface area contributed by atoms with E-state index >= 15 is 0 Å². The van der Waals surface area contributed by atoms with Gasteiger partial charge in [-0.05, 0) is 32.7 Å². The van der Waals surface area contributed by atoms with Crippen LogP contribution >= 0.6 is 0 Å². The van der Waals surface area contributed by atoms with Crippen molar-refractivity contribution in [3.05, 3.63) is 11.9 Å². The molecular formula is C16H27N5. The molecule has 116 valence electrons. The molecule has 5 heteroatoms. The van der Waals surface area contributed by atoms with Gasteiger partial charge in [0.1, 0.15) is 17.5 Å². The van der Waals surface area contributed by atoms with E-state index in [2.05, 4.69) is 32.5 Å². The Balaban J connectivity index is 1.53. The lowest BCUT2D eigenvalue weighted by Gasteiger charge is -2.24. The molecule has 21 heavy (non-hydrogen) atoms. The summed E-state index contributed by atoms with van der Waals surface area (Å²) in [4.78, 5) is 11.7. The van der Waals surface area contributed by atoms with E-state index in [1.807, 2.05) is 13.1 Å². The predicted octanol–water partition coefficient (Wildman–Crippen LogP) is 2.68. The zero-order valence-electron chi connectivity index (χ0n) is 13.2. The summed E-state index contributed by atoms with van der Waals surface area (Å²) in [6, 6.07) is 2.79. The third kappa shape index (κ3) is 3.84. The lowest BCUT2D eigenvalue weighted by Crippen LogP contribution is -2.33. The second-order valence-corrected chi connectivity index (χ2v) is 6.37. The van der Waals surface area contributed by atoms with E-state index < -0.39 is 0 Å². The smallest absolute Gasteiger partial charge is 0.136 e. The van der Waals surface area contributed by atoms with Crippen LogP contribution in [0.1, 0.15) is 50.3 Å². The number of likely N-dealkylation sites (N-methyl/N-ethyl adjacent to an activating group) is 1. The fourth-order valence-electron chi connectivity index (χ4n) is 3.10. The Morgan fingerprint density at radius 2 is 1.86 bits per heavy atom. The summed E-state index contributed by atoms with van der Waals surface area (Å²) in [5, 5.41) is 6.60. The Morgan fingerprint density at radius 1 is 1.14 bits per heavy atom. The zero-order chi connectivity index (χ0) is 14.7. The van der Waals surface area contributed by atoms with E-state index in [4.69, 9.17) is 0 Å². The standard InChI is InChI=1S/C16H27N5/c1-17-14-11-15(20-16(19-14)12-7-8-12)18-9-10-21(2)13-5-3-4-6-13/h11-13H,3-10H2,1-2H3,(H2,17,18,19,20). The van der Waals surface area contributed by atoms with Crippen molar-refractivity contribution in [1.29, 1.82) is 0 Å². The van der Waals surface area contributed by atoms with Crippen LogP contribution in [0.5, 0.6) is 0 Å². The molecule has 0 aliphatic heterocycles. The van der Waals surface area contributed by atoms with Crippen LogP contribution in [0.25, 0.3) is 0 Å². The highest BCUT2D eigenvalue weighted by Gasteiger charge is 2.27. The minimum absolute atomic E-state index is 0.583. The first-order valence-corrected chi connectivity index (χ1v) is 8.27. The fraction of sp³-hybridized carbons (Fsp3) is 0.750.